The number of carbonyl (C=O) groups is 2. The van der Waals surface area contributed by atoms with Crippen molar-refractivity contribution in [1.82, 2.24) is 19.9 Å². The molecule has 0 atom stereocenters. The Bertz CT molecular complexity index is 3350. The molecule has 3 aromatic heterocycles. The van der Waals surface area contributed by atoms with Crippen LogP contribution in [0.1, 0.15) is 120 Å². The van der Waals surface area contributed by atoms with Crippen molar-refractivity contribution in [3.63, 3.8) is 0 Å². The van der Waals surface area contributed by atoms with Gasteiger partial charge in [0.25, 0.3) is 0 Å². The number of rotatable bonds is 26. The van der Waals surface area contributed by atoms with Gasteiger partial charge < -0.3 is 28.9 Å². The van der Waals surface area contributed by atoms with Crippen LogP contribution in [0.5, 0.6) is 11.5 Å². The van der Waals surface area contributed by atoms with Crippen LogP contribution in [0.3, 0.4) is 0 Å². The first-order chi connectivity index (χ1) is 39.9. The number of hydrogen-bond donors (Lipinski definition) is 2. The smallest absolute Gasteiger partial charge is 0.305 e. The molecule has 4 aromatic carbocycles. The minimum absolute atomic E-state index is 0.120. The second-order valence-corrected chi connectivity index (χ2v) is 23.5. The number of thioether (sulfide) groups is 2. The highest BCUT2D eigenvalue weighted by Gasteiger charge is 2.22. The Hall–Kier alpha value is -7.28. The van der Waals surface area contributed by atoms with Crippen LogP contribution in [-0.2, 0) is 19.1 Å². The molecule has 0 saturated carbocycles. The molecule has 0 saturated heterocycles. The molecule has 2 N–H and O–H groups in total. The van der Waals surface area contributed by atoms with Crippen molar-refractivity contribution in [2.75, 3.05) is 50.4 Å². The Kier molecular flexibility index (Phi) is 20.7. The minimum Gasteiger partial charge on any atom is -0.494 e. The molecule has 2 aliphatic rings. The van der Waals surface area contributed by atoms with E-state index in [9.17, 15) is 9.59 Å². The van der Waals surface area contributed by atoms with Crippen molar-refractivity contribution < 1.29 is 28.5 Å². The van der Waals surface area contributed by atoms with Crippen LogP contribution in [0.25, 0.3) is 90.9 Å². The average Bonchev–Trinajstić information content (AvgIpc) is 4.51. The molecule has 0 fully saturated rings. The van der Waals surface area contributed by atoms with Gasteiger partial charge in [0.15, 0.2) is 0 Å². The lowest BCUT2D eigenvalue weighted by Crippen LogP contribution is -2.06. The summed E-state index contributed by atoms with van der Waals surface area (Å²) in [6.45, 7) is 15.2. The fourth-order valence-corrected chi connectivity index (χ4v) is 12.1. The van der Waals surface area contributed by atoms with Crippen molar-refractivity contribution >= 4 is 81.8 Å². The maximum atomic E-state index is 12.2. The number of ether oxygens (including phenoxy) is 4. The number of unbranched alkanes of at least 4 members (excludes halogenated alkanes) is 4. The maximum Gasteiger partial charge on any atom is 0.305 e. The third-order valence-corrected chi connectivity index (χ3v) is 16.4. The predicted molar refractivity (Wildman–Crippen MR) is 345 cm³/mol. The fraction of sp³-hybridized carbons (Fsp3) is 0.343. The van der Waals surface area contributed by atoms with Crippen molar-refractivity contribution in [3.05, 3.63) is 153 Å². The molecular weight excluding hydrogens is 1060 g/mol. The SMILES string of the molecule is CSCCCOC(=O)CCCCCOc1ccc(-c2c3nc(c(-c4c(C)cc(C)cc4C)c4ccc([nH]4)c(-c4ccc(OCCCCCC(=O)OCCCSC)cc4)c4nc(c(-c5c(C)cc(C)cc5C)c5ccc2[nH]5)C=C4)C=C3)cc1. The van der Waals surface area contributed by atoms with Gasteiger partial charge >= 0.3 is 11.9 Å². The van der Waals surface area contributed by atoms with Gasteiger partial charge in [0, 0.05) is 57.2 Å². The van der Waals surface area contributed by atoms with Gasteiger partial charge in [-0.15, -0.1) is 0 Å². The Labute approximate surface area is 493 Å². The van der Waals surface area contributed by atoms with Crippen LogP contribution in [0, 0.1) is 41.5 Å². The van der Waals surface area contributed by atoms with E-state index in [2.05, 4.69) is 161 Å². The monoisotopic (exact) mass is 1130 g/mol. The molecule has 9 rings (SSSR count). The Balaban J connectivity index is 1.12. The van der Waals surface area contributed by atoms with E-state index in [0.717, 1.165) is 164 Å². The van der Waals surface area contributed by atoms with E-state index < -0.39 is 0 Å². The largest absolute Gasteiger partial charge is 0.494 e. The van der Waals surface area contributed by atoms with Crippen molar-refractivity contribution in [2.24, 2.45) is 0 Å². The number of esters is 2. The zero-order valence-electron chi connectivity index (χ0n) is 49.0. The number of nitrogens with one attached hydrogen (secondary N) is 2. The van der Waals surface area contributed by atoms with E-state index in [0.29, 0.717) is 39.3 Å². The molecular formula is C70H78N4O6S2. The molecule has 0 radical (unpaired) electrons. The Morgan fingerprint density at radius 1 is 0.402 bits per heavy atom. The van der Waals surface area contributed by atoms with E-state index in [-0.39, 0.29) is 11.9 Å². The third-order valence-electron chi connectivity index (χ3n) is 15.0. The van der Waals surface area contributed by atoms with E-state index in [1.807, 2.05) is 24.3 Å². The summed E-state index contributed by atoms with van der Waals surface area (Å²) >= 11 is 3.52. The summed E-state index contributed by atoms with van der Waals surface area (Å²) < 4.78 is 23.3. The summed E-state index contributed by atoms with van der Waals surface area (Å²) in [4.78, 5) is 43.5. The van der Waals surface area contributed by atoms with Crippen LogP contribution < -0.4 is 9.47 Å². The van der Waals surface area contributed by atoms with Crippen molar-refractivity contribution in [2.45, 2.75) is 106 Å². The van der Waals surface area contributed by atoms with E-state index >= 15 is 0 Å². The lowest BCUT2D eigenvalue weighted by Gasteiger charge is -2.13. The number of carbonyl (C=O) groups excluding carboxylic acids is 2. The first-order valence-corrected chi connectivity index (χ1v) is 31.8. The van der Waals surface area contributed by atoms with Crippen molar-refractivity contribution in [1.29, 1.82) is 0 Å². The quantitative estimate of drug-likeness (QED) is 0.0399. The zero-order valence-corrected chi connectivity index (χ0v) is 50.7. The van der Waals surface area contributed by atoms with Crippen LogP contribution >= 0.6 is 23.5 Å². The van der Waals surface area contributed by atoms with Gasteiger partial charge in [-0.25, -0.2) is 9.97 Å². The zero-order chi connectivity index (χ0) is 57.5. The normalized spacial score (nSPS) is 11.8. The van der Waals surface area contributed by atoms with E-state index in [1.54, 1.807) is 23.5 Å². The number of hydrogen-bond acceptors (Lipinski definition) is 10. The molecule has 10 nitrogen and oxygen atoms in total. The van der Waals surface area contributed by atoms with E-state index in [1.165, 1.54) is 33.4 Å². The summed E-state index contributed by atoms with van der Waals surface area (Å²) in [7, 11) is 0. The highest BCUT2D eigenvalue weighted by atomic mass is 32.2. The first kappa shape index (κ1) is 59.3. The third kappa shape index (κ3) is 14.8. The standard InChI is InChI=1S/C70H78N4O6S2/c1-45-41-47(3)65(48(4)42-45)69-59-31-27-55(71-59)67(51-19-23-53(24-20-51)77-35-13-9-11-17-63(75)79-37-15-39-81-7)57-29-33-61(73-57)70(66-49(5)43-46(2)44-50(66)6)62-34-30-58(74-62)68(56-28-32-60(69)72-56)52-21-25-54(26-22-52)78-36-14-10-12-18-64(76)80-38-16-40-82-8/h19-34,41-44,71,74H,9-18,35-40H2,1-8H3. The van der Waals surface area contributed by atoms with Gasteiger partial charge in [0.2, 0.25) is 0 Å². The van der Waals surface area contributed by atoms with Gasteiger partial charge in [-0.05, 0) is 234 Å². The molecule has 5 heterocycles. The highest BCUT2D eigenvalue weighted by Crippen LogP contribution is 2.42. The lowest BCUT2D eigenvalue weighted by molar-refractivity contribution is -0.144. The number of aromatic nitrogens is 4. The van der Waals surface area contributed by atoms with E-state index in [4.69, 9.17) is 28.9 Å². The van der Waals surface area contributed by atoms with Gasteiger partial charge in [-0.3, -0.25) is 9.59 Å². The summed E-state index contributed by atoms with van der Waals surface area (Å²) in [5.74, 6) is 3.32. The Morgan fingerprint density at radius 2 is 0.744 bits per heavy atom. The van der Waals surface area contributed by atoms with Gasteiger partial charge in [0.05, 0.1) is 49.2 Å². The number of H-pyrrole nitrogens is 2. The van der Waals surface area contributed by atoms with Gasteiger partial charge in [0.1, 0.15) is 11.5 Å². The van der Waals surface area contributed by atoms with Gasteiger partial charge in [-0.2, -0.15) is 23.5 Å². The summed E-state index contributed by atoms with van der Waals surface area (Å²) in [5, 5.41) is 0. The number of nitrogens with zero attached hydrogens (tertiary/aromatic N) is 2. The number of aromatic amines is 2. The highest BCUT2D eigenvalue weighted by molar-refractivity contribution is 7.98. The predicted octanol–water partition coefficient (Wildman–Crippen LogP) is 17.6. The molecule has 0 spiro atoms. The van der Waals surface area contributed by atoms with Crippen LogP contribution in [-0.4, -0.2) is 82.3 Å². The second kappa shape index (κ2) is 28.6. The maximum absolute atomic E-state index is 12.2. The number of benzene rings is 4. The average molecular weight is 1140 g/mol. The van der Waals surface area contributed by atoms with Gasteiger partial charge in [-0.1, -0.05) is 59.7 Å². The molecule has 7 aromatic rings. The first-order valence-electron chi connectivity index (χ1n) is 29.0. The number of fused-ring (bicyclic) bond motifs is 8. The molecule has 426 valence electrons. The summed E-state index contributed by atoms with van der Waals surface area (Å²) in [6, 6.07) is 34.4. The minimum atomic E-state index is -0.120. The van der Waals surface area contributed by atoms with Crippen LogP contribution in [0.4, 0.5) is 0 Å². The van der Waals surface area contributed by atoms with Crippen LogP contribution in [0.2, 0.25) is 0 Å². The number of aryl methyl sites for hydroxylation is 6. The molecule has 0 amide bonds. The lowest BCUT2D eigenvalue weighted by atomic mass is 9.92. The summed E-state index contributed by atoms with van der Waals surface area (Å²) in [5.41, 5.74) is 22.4. The second-order valence-electron chi connectivity index (χ2n) is 21.6. The molecule has 8 bridgehead atoms. The summed E-state index contributed by atoms with van der Waals surface area (Å²) in [6.07, 6.45) is 20.4. The molecule has 0 aliphatic carbocycles. The van der Waals surface area contributed by atoms with Crippen LogP contribution in [0.15, 0.2) is 97.1 Å². The molecule has 12 heteroatoms. The topological polar surface area (TPSA) is 128 Å². The molecule has 2 aliphatic heterocycles. The Morgan fingerprint density at radius 3 is 1.10 bits per heavy atom. The molecule has 82 heavy (non-hydrogen) atoms. The van der Waals surface area contributed by atoms with Crippen molar-refractivity contribution in [3.8, 4) is 56.0 Å². The fourth-order valence-electron chi connectivity index (χ4n) is 11.3. The molecule has 0 unspecified atom stereocenters.